The van der Waals surface area contributed by atoms with Crippen LogP contribution in [0.2, 0.25) is 0 Å². The Hall–Kier alpha value is -1.35. The minimum atomic E-state index is -0.260. The molecule has 1 spiro atoms. The Morgan fingerprint density at radius 2 is 1.81 bits per heavy atom. The van der Waals surface area contributed by atoms with E-state index in [2.05, 4.69) is 34.5 Å². The van der Waals surface area contributed by atoms with Crippen molar-refractivity contribution in [3.63, 3.8) is 0 Å². The van der Waals surface area contributed by atoms with Crippen LogP contribution < -0.4 is 5.32 Å². The van der Waals surface area contributed by atoms with Gasteiger partial charge < -0.3 is 4.90 Å². The van der Waals surface area contributed by atoms with Gasteiger partial charge in [0.25, 0.3) is 0 Å². The Morgan fingerprint density at radius 3 is 2.43 bits per heavy atom. The monoisotopic (exact) mass is 284 g/mol. The lowest BCUT2D eigenvalue weighted by Gasteiger charge is -2.33. The van der Waals surface area contributed by atoms with Crippen molar-refractivity contribution in [3.05, 3.63) is 35.9 Å². The second-order valence-electron chi connectivity index (χ2n) is 7.00. The summed E-state index contributed by atoms with van der Waals surface area (Å²) in [5.74, 6) is 1.08. The number of hydrogen-bond acceptors (Lipinski definition) is 2. The summed E-state index contributed by atoms with van der Waals surface area (Å²) in [6.45, 7) is 0.938. The normalized spacial score (nSPS) is 28.3. The highest BCUT2D eigenvalue weighted by molar-refractivity contribution is 5.89. The van der Waals surface area contributed by atoms with E-state index in [0.717, 1.165) is 25.3 Å². The van der Waals surface area contributed by atoms with Crippen molar-refractivity contribution in [2.75, 3.05) is 6.54 Å². The van der Waals surface area contributed by atoms with Gasteiger partial charge in [-0.05, 0) is 37.2 Å². The highest BCUT2D eigenvalue weighted by atomic mass is 16.2. The van der Waals surface area contributed by atoms with Crippen molar-refractivity contribution in [1.29, 1.82) is 0 Å². The van der Waals surface area contributed by atoms with E-state index in [1.807, 2.05) is 6.07 Å². The van der Waals surface area contributed by atoms with Gasteiger partial charge in [0.15, 0.2) is 0 Å². The van der Waals surface area contributed by atoms with E-state index in [0.29, 0.717) is 5.91 Å². The number of hydrogen-bond donors (Lipinski definition) is 1. The third kappa shape index (κ3) is 2.18. The molecular formula is C18H24N2O. The summed E-state index contributed by atoms with van der Waals surface area (Å²) >= 11 is 0. The quantitative estimate of drug-likeness (QED) is 0.924. The van der Waals surface area contributed by atoms with Crippen molar-refractivity contribution in [2.24, 2.45) is 5.92 Å². The van der Waals surface area contributed by atoms with E-state index >= 15 is 0 Å². The molecular weight excluding hydrogens is 260 g/mol. The SMILES string of the molecule is O=C1N(CC2CCC2)C(c2ccccc2)NC12CCCC2. The van der Waals surface area contributed by atoms with Crippen molar-refractivity contribution in [2.45, 2.75) is 56.7 Å². The molecule has 1 amide bonds. The summed E-state index contributed by atoms with van der Waals surface area (Å²) in [6.07, 6.45) is 8.37. The van der Waals surface area contributed by atoms with Gasteiger partial charge in [-0.25, -0.2) is 0 Å². The van der Waals surface area contributed by atoms with Crippen LogP contribution in [0.1, 0.15) is 56.7 Å². The fourth-order valence-electron chi connectivity index (χ4n) is 4.17. The molecule has 2 saturated carbocycles. The molecule has 3 heteroatoms. The Balaban J connectivity index is 1.63. The average Bonchev–Trinajstić information content (AvgIpc) is 3.04. The lowest BCUT2D eigenvalue weighted by atomic mass is 9.84. The predicted molar refractivity (Wildman–Crippen MR) is 82.6 cm³/mol. The van der Waals surface area contributed by atoms with Crippen molar-refractivity contribution < 1.29 is 4.79 Å². The Labute approximate surface area is 126 Å². The number of rotatable bonds is 3. The first-order chi connectivity index (χ1) is 10.3. The highest BCUT2D eigenvalue weighted by Gasteiger charge is 2.52. The van der Waals surface area contributed by atoms with Crippen LogP contribution in [0.3, 0.4) is 0 Å². The zero-order chi connectivity index (χ0) is 14.3. The zero-order valence-corrected chi connectivity index (χ0v) is 12.6. The van der Waals surface area contributed by atoms with E-state index in [-0.39, 0.29) is 11.7 Å². The van der Waals surface area contributed by atoms with E-state index < -0.39 is 0 Å². The number of benzene rings is 1. The van der Waals surface area contributed by atoms with Crippen LogP contribution in [0.15, 0.2) is 30.3 Å². The fraction of sp³-hybridized carbons (Fsp3) is 0.611. The molecule has 3 nitrogen and oxygen atoms in total. The first-order valence-electron chi connectivity index (χ1n) is 8.42. The maximum atomic E-state index is 13.1. The van der Waals surface area contributed by atoms with Crippen molar-refractivity contribution in [3.8, 4) is 0 Å². The second kappa shape index (κ2) is 5.13. The van der Waals surface area contributed by atoms with Crippen LogP contribution in [0, 0.1) is 5.92 Å². The molecule has 1 atom stereocenters. The number of carbonyl (C=O) groups excluding carboxylic acids is 1. The largest absolute Gasteiger partial charge is 0.321 e. The van der Waals surface area contributed by atoms with Gasteiger partial charge in [0.2, 0.25) is 5.91 Å². The van der Waals surface area contributed by atoms with Crippen LogP contribution >= 0.6 is 0 Å². The third-order valence-corrected chi connectivity index (χ3v) is 5.65. The average molecular weight is 284 g/mol. The van der Waals surface area contributed by atoms with E-state index in [9.17, 15) is 4.79 Å². The first-order valence-corrected chi connectivity index (χ1v) is 8.42. The van der Waals surface area contributed by atoms with E-state index in [4.69, 9.17) is 0 Å². The summed E-state index contributed by atoms with van der Waals surface area (Å²) in [6, 6.07) is 10.5. The predicted octanol–water partition coefficient (Wildman–Crippen LogP) is 3.23. The molecule has 1 heterocycles. The number of amides is 1. The summed E-state index contributed by atoms with van der Waals surface area (Å²) in [5.41, 5.74) is 0.971. The lowest BCUT2D eigenvalue weighted by Crippen LogP contribution is -2.44. The molecule has 0 radical (unpaired) electrons. The minimum absolute atomic E-state index is 0.0809. The van der Waals surface area contributed by atoms with Gasteiger partial charge in [0.05, 0.1) is 5.54 Å². The summed E-state index contributed by atoms with van der Waals surface area (Å²) in [5, 5.41) is 3.71. The molecule has 0 bridgehead atoms. The van der Waals surface area contributed by atoms with Crippen LogP contribution in [0.4, 0.5) is 0 Å². The van der Waals surface area contributed by atoms with Crippen LogP contribution in [0.5, 0.6) is 0 Å². The molecule has 21 heavy (non-hydrogen) atoms. The molecule has 1 unspecified atom stereocenters. The van der Waals surface area contributed by atoms with Gasteiger partial charge in [-0.2, -0.15) is 0 Å². The molecule has 1 saturated heterocycles. The molecule has 1 N–H and O–H groups in total. The van der Waals surface area contributed by atoms with Gasteiger partial charge in [0, 0.05) is 6.54 Å². The standard InChI is InChI=1S/C18H24N2O/c21-17-18(11-4-5-12-18)19-16(15-9-2-1-3-10-15)20(17)13-14-7-6-8-14/h1-3,9-10,14,16,19H,4-8,11-13H2. The molecule has 2 aliphatic carbocycles. The lowest BCUT2D eigenvalue weighted by molar-refractivity contribution is -0.134. The van der Waals surface area contributed by atoms with Gasteiger partial charge in [-0.15, -0.1) is 0 Å². The molecule has 0 aromatic heterocycles. The molecule has 3 fully saturated rings. The van der Waals surface area contributed by atoms with Gasteiger partial charge in [0.1, 0.15) is 6.17 Å². The Bertz CT molecular complexity index is 517. The number of nitrogens with one attached hydrogen (secondary N) is 1. The maximum absolute atomic E-state index is 13.1. The van der Waals surface area contributed by atoms with Crippen molar-refractivity contribution >= 4 is 5.91 Å². The summed E-state index contributed by atoms with van der Waals surface area (Å²) in [7, 11) is 0. The highest BCUT2D eigenvalue weighted by Crippen LogP contribution is 2.42. The minimum Gasteiger partial charge on any atom is -0.321 e. The molecule has 4 rings (SSSR count). The number of carbonyl (C=O) groups is 1. The topological polar surface area (TPSA) is 32.3 Å². The van der Waals surface area contributed by atoms with E-state index in [1.54, 1.807) is 0 Å². The third-order valence-electron chi connectivity index (χ3n) is 5.65. The smallest absolute Gasteiger partial charge is 0.244 e. The molecule has 1 aliphatic heterocycles. The molecule has 112 valence electrons. The number of nitrogens with zero attached hydrogens (tertiary/aromatic N) is 1. The van der Waals surface area contributed by atoms with Crippen LogP contribution in [-0.2, 0) is 4.79 Å². The zero-order valence-electron chi connectivity index (χ0n) is 12.6. The molecule has 1 aromatic rings. The van der Waals surface area contributed by atoms with Gasteiger partial charge in [-0.1, -0.05) is 49.6 Å². The van der Waals surface area contributed by atoms with Gasteiger partial charge in [-0.3, -0.25) is 10.1 Å². The fourth-order valence-corrected chi connectivity index (χ4v) is 4.17. The molecule has 1 aromatic carbocycles. The molecule has 3 aliphatic rings. The van der Waals surface area contributed by atoms with E-state index in [1.165, 1.54) is 37.7 Å². The Kier molecular flexibility index (Phi) is 3.26. The van der Waals surface area contributed by atoms with Crippen LogP contribution in [0.25, 0.3) is 0 Å². The summed E-state index contributed by atoms with van der Waals surface area (Å²) in [4.78, 5) is 15.2. The van der Waals surface area contributed by atoms with Gasteiger partial charge >= 0.3 is 0 Å². The maximum Gasteiger partial charge on any atom is 0.244 e. The first kappa shape index (κ1) is 13.3. The summed E-state index contributed by atoms with van der Waals surface area (Å²) < 4.78 is 0. The second-order valence-corrected chi connectivity index (χ2v) is 7.00. The van der Waals surface area contributed by atoms with Crippen LogP contribution in [-0.4, -0.2) is 22.9 Å². The van der Waals surface area contributed by atoms with Crippen molar-refractivity contribution in [1.82, 2.24) is 10.2 Å². The Morgan fingerprint density at radius 1 is 1.10 bits per heavy atom.